The lowest BCUT2D eigenvalue weighted by molar-refractivity contribution is -0.137. The number of carbonyl (C=O) groups excluding carboxylic acids is 2. The number of hydrogen-bond donors (Lipinski definition) is 3. The van der Waals surface area contributed by atoms with Gasteiger partial charge in [0.25, 0.3) is 0 Å². The van der Waals surface area contributed by atoms with Crippen molar-refractivity contribution in [2.24, 2.45) is 0 Å². The van der Waals surface area contributed by atoms with E-state index in [1.807, 2.05) is 0 Å². The van der Waals surface area contributed by atoms with Gasteiger partial charge in [0.1, 0.15) is 5.75 Å². The van der Waals surface area contributed by atoms with Crippen LogP contribution in [-0.2, 0) is 11.0 Å². The number of anilines is 1. The van der Waals surface area contributed by atoms with Gasteiger partial charge in [-0.15, -0.1) is 0 Å². The molecule has 0 fully saturated rings. The van der Waals surface area contributed by atoms with Gasteiger partial charge in [-0.25, -0.2) is 4.79 Å². The average Bonchev–Trinajstić information content (AvgIpc) is 2.43. The van der Waals surface area contributed by atoms with Crippen LogP contribution in [0.3, 0.4) is 0 Å². The normalized spacial score (nSPS) is 11.6. The van der Waals surface area contributed by atoms with Crippen LogP contribution in [0, 0.1) is 0 Å². The van der Waals surface area contributed by atoms with E-state index in [1.54, 1.807) is 27.7 Å². The molecule has 0 bridgehead atoms. The lowest BCUT2D eigenvalue weighted by Gasteiger charge is -2.20. The second-order valence-electron chi connectivity index (χ2n) is 6.25. The molecule has 0 radical (unpaired) electrons. The summed E-state index contributed by atoms with van der Waals surface area (Å²) >= 11 is 0. The van der Waals surface area contributed by atoms with Gasteiger partial charge in [-0.1, -0.05) is 0 Å². The number of imide groups is 1. The van der Waals surface area contributed by atoms with Crippen LogP contribution >= 0.6 is 0 Å². The van der Waals surface area contributed by atoms with E-state index in [9.17, 15) is 22.8 Å². The van der Waals surface area contributed by atoms with E-state index in [0.717, 1.165) is 12.1 Å². The molecule has 0 aromatic heterocycles. The predicted octanol–water partition coefficient (Wildman–Crippen LogP) is 3.14. The van der Waals surface area contributed by atoms with Crippen molar-refractivity contribution in [2.45, 2.75) is 39.4 Å². The molecule has 6 nitrogen and oxygen atoms in total. The Morgan fingerprint density at radius 3 is 2.32 bits per heavy atom. The van der Waals surface area contributed by atoms with E-state index in [2.05, 4.69) is 16.0 Å². The lowest BCUT2D eigenvalue weighted by atomic mass is 10.1. The molecule has 0 aliphatic rings. The molecule has 1 aromatic carbocycles. The SMILES string of the molecule is CCOc1ccc(C(F)(F)F)cc1NCC(=O)NC(=O)NC(C)(C)C. The molecule has 0 heterocycles. The van der Waals surface area contributed by atoms with Crippen LogP contribution < -0.4 is 20.7 Å². The Bertz CT molecular complexity index is 625. The fourth-order valence-corrected chi connectivity index (χ4v) is 1.84. The van der Waals surface area contributed by atoms with E-state index in [0.29, 0.717) is 0 Å². The molecule has 9 heteroatoms. The number of urea groups is 1. The third-order valence-electron chi connectivity index (χ3n) is 2.79. The molecule has 0 atom stereocenters. The van der Waals surface area contributed by atoms with Crippen LogP contribution in [0.2, 0.25) is 0 Å². The van der Waals surface area contributed by atoms with Gasteiger partial charge in [0.15, 0.2) is 0 Å². The quantitative estimate of drug-likeness (QED) is 0.753. The maximum Gasteiger partial charge on any atom is 0.416 e. The molecule has 0 aliphatic carbocycles. The minimum atomic E-state index is -4.52. The Kier molecular flexibility index (Phi) is 6.66. The van der Waals surface area contributed by atoms with Crippen molar-refractivity contribution >= 4 is 17.6 Å². The maximum absolute atomic E-state index is 12.8. The Hall–Kier alpha value is -2.45. The van der Waals surface area contributed by atoms with Gasteiger partial charge < -0.3 is 15.4 Å². The van der Waals surface area contributed by atoms with Gasteiger partial charge in [0.2, 0.25) is 5.91 Å². The van der Waals surface area contributed by atoms with Crippen LogP contribution in [0.15, 0.2) is 18.2 Å². The standard InChI is InChI=1S/C16H22F3N3O3/c1-5-25-12-7-6-10(16(17,18)19)8-11(12)20-9-13(23)21-14(24)22-15(2,3)4/h6-8,20H,5,9H2,1-4H3,(H2,21,22,23,24). The number of benzene rings is 1. The lowest BCUT2D eigenvalue weighted by Crippen LogP contribution is -2.49. The van der Waals surface area contributed by atoms with Gasteiger partial charge >= 0.3 is 12.2 Å². The first-order valence-corrected chi connectivity index (χ1v) is 7.62. The van der Waals surface area contributed by atoms with Crippen molar-refractivity contribution in [2.75, 3.05) is 18.5 Å². The van der Waals surface area contributed by atoms with E-state index in [-0.39, 0.29) is 24.6 Å². The average molecular weight is 361 g/mol. The zero-order valence-electron chi connectivity index (χ0n) is 14.5. The van der Waals surface area contributed by atoms with Gasteiger partial charge in [-0.05, 0) is 45.9 Å². The number of halogens is 3. The summed E-state index contributed by atoms with van der Waals surface area (Å²) in [6, 6.07) is 2.24. The highest BCUT2D eigenvalue weighted by molar-refractivity contribution is 5.96. The monoisotopic (exact) mass is 361 g/mol. The molecule has 0 saturated carbocycles. The number of alkyl halides is 3. The van der Waals surface area contributed by atoms with Crippen LogP contribution in [0.4, 0.5) is 23.7 Å². The van der Waals surface area contributed by atoms with Crippen molar-refractivity contribution in [1.29, 1.82) is 0 Å². The third-order valence-corrected chi connectivity index (χ3v) is 2.79. The number of rotatable bonds is 5. The minimum Gasteiger partial charge on any atom is -0.492 e. The number of carbonyl (C=O) groups is 2. The summed E-state index contributed by atoms with van der Waals surface area (Å²) in [4.78, 5) is 23.4. The van der Waals surface area contributed by atoms with Gasteiger partial charge in [0.05, 0.1) is 24.4 Å². The topological polar surface area (TPSA) is 79.5 Å². The molecule has 0 saturated heterocycles. The maximum atomic E-state index is 12.8. The van der Waals surface area contributed by atoms with Crippen molar-refractivity contribution in [1.82, 2.24) is 10.6 Å². The Morgan fingerprint density at radius 1 is 1.16 bits per heavy atom. The van der Waals surface area contributed by atoms with E-state index in [4.69, 9.17) is 4.74 Å². The van der Waals surface area contributed by atoms with Gasteiger partial charge in [-0.2, -0.15) is 13.2 Å². The summed E-state index contributed by atoms with van der Waals surface area (Å²) in [6.45, 7) is 6.77. The number of hydrogen-bond acceptors (Lipinski definition) is 4. The first-order valence-electron chi connectivity index (χ1n) is 7.62. The summed E-state index contributed by atoms with van der Waals surface area (Å²) in [7, 11) is 0. The fraction of sp³-hybridized carbons (Fsp3) is 0.500. The summed E-state index contributed by atoms with van der Waals surface area (Å²) in [6.07, 6.45) is -4.52. The highest BCUT2D eigenvalue weighted by atomic mass is 19.4. The summed E-state index contributed by atoms with van der Waals surface area (Å²) in [5, 5.41) is 7.19. The van der Waals surface area contributed by atoms with E-state index < -0.39 is 29.2 Å². The molecular formula is C16H22F3N3O3. The zero-order chi connectivity index (χ0) is 19.3. The Labute approximate surface area is 144 Å². The zero-order valence-corrected chi connectivity index (χ0v) is 14.5. The van der Waals surface area contributed by atoms with Crippen LogP contribution in [-0.4, -0.2) is 30.6 Å². The second kappa shape index (κ2) is 8.09. The Balaban J connectivity index is 2.77. The summed E-state index contributed by atoms with van der Waals surface area (Å²) < 4.78 is 43.7. The second-order valence-corrected chi connectivity index (χ2v) is 6.25. The van der Waals surface area contributed by atoms with Crippen LogP contribution in [0.1, 0.15) is 33.3 Å². The summed E-state index contributed by atoms with van der Waals surface area (Å²) in [5.74, 6) is -0.510. The first-order chi connectivity index (χ1) is 11.4. The van der Waals surface area contributed by atoms with Crippen LogP contribution in [0.5, 0.6) is 5.75 Å². The van der Waals surface area contributed by atoms with Crippen LogP contribution in [0.25, 0.3) is 0 Å². The molecule has 1 rings (SSSR count). The number of nitrogens with one attached hydrogen (secondary N) is 3. The largest absolute Gasteiger partial charge is 0.492 e. The highest BCUT2D eigenvalue weighted by Crippen LogP contribution is 2.34. The van der Waals surface area contributed by atoms with Crippen molar-refractivity contribution in [3.05, 3.63) is 23.8 Å². The van der Waals surface area contributed by atoms with E-state index >= 15 is 0 Å². The highest BCUT2D eigenvalue weighted by Gasteiger charge is 2.31. The molecule has 3 N–H and O–H groups in total. The van der Waals surface area contributed by atoms with Gasteiger partial charge in [-0.3, -0.25) is 10.1 Å². The molecule has 140 valence electrons. The first kappa shape index (κ1) is 20.6. The molecule has 25 heavy (non-hydrogen) atoms. The van der Waals surface area contributed by atoms with Crippen molar-refractivity contribution in [3.8, 4) is 5.75 Å². The molecule has 1 aromatic rings. The molecule has 0 aliphatic heterocycles. The number of ether oxygens (including phenoxy) is 1. The molecule has 0 unspecified atom stereocenters. The van der Waals surface area contributed by atoms with Crippen molar-refractivity contribution < 1.29 is 27.5 Å². The predicted molar refractivity (Wildman–Crippen MR) is 87.5 cm³/mol. The fourth-order valence-electron chi connectivity index (χ4n) is 1.84. The molecular weight excluding hydrogens is 339 g/mol. The van der Waals surface area contributed by atoms with Gasteiger partial charge in [0, 0.05) is 5.54 Å². The summed E-state index contributed by atoms with van der Waals surface area (Å²) in [5.41, 5.74) is -1.38. The number of amides is 3. The minimum absolute atomic E-state index is 0.0167. The van der Waals surface area contributed by atoms with Crippen molar-refractivity contribution in [3.63, 3.8) is 0 Å². The third kappa shape index (κ3) is 7.32. The van der Waals surface area contributed by atoms with E-state index in [1.165, 1.54) is 6.07 Å². The smallest absolute Gasteiger partial charge is 0.416 e. The molecule has 3 amide bonds. The molecule has 0 spiro atoms. The Morgan fingerprint density at radius 2 is 1.80 bits per heavy atom.